The van der Waals surface area contributed by atoms with Gasteiger partial charge in [-0.05, 0) is 67.9 Å². The monoisotopic (exact) mass is 518 g/mol. The Morgan fingerprint density at radius 1 is 0.868 bits per heavy atom. The van der Waals surface area contributed by atoms with Crippen LogP contribution < -0.4 is 10.6 Å². The number of carboxylic acids is 1. The van der Waals surface area contributed by atoms with Gasteiger partial charge in [-0.15, -0.1) is 0 Å². The lowest BCUT2D eigenvalue weighted by Gasteiger charge is -2.26. The van der Waals surface area contributed by atoms with Crippen molar-refractivity contribution in [1.29, 1.82) is 0 Å². The number of carbonyl (C=O) groups is 4. The maximum absolute atomic E-state index is 12.9. The molecule has 0 spiro atoms. The molecule has 5 N–H and O–H groups in total. The van der Waals surface area contributed by atoms with Crippen molar-refractivity contribution < 1.29 is 39.2 Å². The average Bonchev–Trinajstić information content (AvgIpc) is 3.13. The molecule has 1 fully saturated rings. The number of aromatic carboxylic acids is 1. The van der Waals surface area contributed by atoms with E-state index in [1.165, 1.54) is 66.7 Å². The van der Waals surface area contributed by atoms with Gasteiger partial charge < -0.3 is 30.7 Å². The number of phenols is 2. The number of benzene rings is 3. The first-order valence-electron chi connectivity index (χ1n) is 12.0. The van der Waals surface area contributed by atoms with Gasteiger partial charge in [0.1, 0.15) is 17.6 Å². The Labute approximate surface area is 217 Å². The topological polar surface area (TPSA) is 162 Å². The van der Waals surface area contributed by atoms with Crippen molar-refractivity contribution in [3.8, 4) is 11.5 Å². The summed E-state index contributed by atoms with van der Waals surface area (Å²) in [4.78, 5) is 50.0. The van der Waals surface area contributed by atoms with Gasteiger partial charge in [-0.25, -0.2) is 9.59 Å². The molecular formula is C28H26N2O8. The van der Waals surface area contributed by atoms with Crippen LogP contribution in [0.2, 0.25) is 0 Å². The molecule has 1 aliphatic heterocycles. The molecule has 1 aliphatic rings. The van der Waals surface area contributed by atoms with Gasteiger partial charge >= 0.3 is 11.9 Å². The molecule has 3 aromatic carbocycles. The maximum atomic E-state index is 12.9. The molecule has 10 heteroatoms. The number of hydrogen-bond acceptors (Lipinski definition) is 8. The van der Waals surface area contributed by atoms with E-state index in [0.29, 0.717) is 25.1 Å². The zero-order chi connectivity index (χ0) is 27.2. The second-order valence-electron chi connectivity index (χ2n) is 8.83. The zero-order valence-electron chi connectivity index (χ0n) is 20.2. The molecule has 38 heavy (non-hydrogen) atoms. The minimum absolute atomic E-state index is 0.0418. The number of rotatable bonds is 7. The fourth-order valence-electron chi connectivity index (χ4n) is 4.23. The molecule has 4 rings (SSSR count). The van der Waals surface area contributed by atoms with E-state index in [2.05, 4.69) is 10.6 Å². The normalized spacial score (nSPS) is 17.2. The number of hydrogen-bond donors (Lipinski definition) is 5. The van der Waals surface area contributed by atoms with Crippen LogP contribution >= 0.6 is 0 Å². The first-order chi connectivity index (χ1) is 18.2. The van der Waals surface area contributed by atoms with E-state index in [1.807, 2.05) is 0 Å². The van der Waals surface area contributed by atoms with Crippen molar-refractivity contribution >= 4 is 23.6 Å². The molecule has 1 amide bonds. The van der Waals surface area contributed by atoms with Gasteiger partial charge in [0.15, 0.2) is 5.78 Å². The Balaban J connectivity index is 1.47. The van der Waals surface area contributed by atoms with E-state index in [9.17, 15) is 34.5 Å². The molecule has 3 aromatic rings. The highest BCUT2D eigenvalue weighted by molar-refractivity contribution is 6.16. The van der Waals surface area contributed by atoms with Crippen molar-refractivity contribution in [3.63, 3.8) is 0 Å². The van der Waals surface area contributed by atoms with E-state index in [0.717, 1.165) is 6.42 Å². The van der Waals surface area contributed by atoms with Crippen molar-refractivity contribution in [2.75, 3.05) is 13.1 Å². The van der Waals surface area contributed by atoms with Crippen molar-refractivity contribution in [3.05, 3.63) is 94.5 Å². The lowest BCUT2D eigenvalue weighted by Crippen LogP contribution is -2.49. The van der Waals surface area contributed by atoms with Gasteiger partial charge in [0.25, 0.3) is 5.91 Å². The second-order valence-corrected chi connectivity index (χ2v) is 8.83. The number of ketones is 1. The van der Waals surface area contributed by atoms with Gasteiger partial charge in [-0.1, -0.05) is 18.2 Å². The molecule has 0 aromatic heterocycles. The summed E-state index contributed by atoms with van der Waals surface area (Å²) in [6.45, 7) is 1.09. The van der Waals surface area contributed by atoms with Crippen LogP contribution in [0.3, 0.4) is 0 Å². The lowest BCUT2D eigenvalue weighted by molar-refractivity contribution is 0.0192. The predicted octanol–water partition coefficient (Wildman–Crippen LogP) is 2.73. The smallest absolute Gasteiger partial charge is 0.338 e. The molecule has 1 heterocycles. The molecule has 196 valence electrons. The molecule has 0 saturated carbocycles. The third kappa shape index (κ3) is 5.98. The number of esters is 1. The third-order valence-corrected chi connectivity index (χ3v) is 6.24. The Morgan fingerprint density at radius 2 is 1.53 bits per heavy atom. The number of carboxylic acid groups (broad SMARTS) is 1. The molecule has 0 radical (unpaired) electrons. The summed E-state index contributed by atoms with van der Waals surface area (Å²) >= 11 is 0. The highest BCUT2D eigenvalue weighted by Gasteiger charge is 2.29. The van der Waals surface area contributed by atoms with E-state index in [1.54, 1.807) is 0 Å². The minimum atomic E-state index is -1.35. The molecule has 2 atom stereocenters. The Kier molecular flexibility index (Phi) is 8.03. The van der Waals surface area contributed by atoms with Crippen molar-refractivity contribution in [1.82, 2.24) is 10.6 Å². The van der Waals surface area contributed by atoms with Gasteiger partial charge in [-0.2, -0.15) is 0 Å². The number of amides is 1. The van der Waals surface area contributed by atoms with E-state index in [-0.39, 0.29) is 33.9 Å². The first-order valence-corrected chi connectivity index (χ1v) is 12.0. The standard InChI is InChI=1S/C28H26N2O8/c31-19-12-10-17(11-13-19)26(34)30-21-15-29-14-2-5-23(21)38-28(37)18-8-6-16(7-9-18)25(33)24-20(27(35)36)3-1-4-22(24)32/h1,3-4,6-13,21,23,29,31-32H,2,5,14-15H2,(H,30,34)(H,35,36)/t21-,23-/m1/s1. The van der Waals surface area contributed by atoms with Crippen LogP contribution in [0, 0.1) is 0 Å². The van der Waals surface area contributed by atoms with Crippen LogP contribution in [-0.2, 0) is 4.74 Å². The van der Waals surface area contributed by atoms with Crippen LogP contribution in [0.5, 0.6) is 11.5 Å². The van der Waals surface area contributed by atoms with Crippen LogP contribution in [-0.4, -0.2) is 64.2 Å². The van der Waals surface area contributed by atoms with Crippen molar-refractivity contribution in [2.24, 2.45) is 0 Å². The van der Waals surface area contributed by atoms with E-state index < -0.39 is 35.6 Å². The molecule has 0 aliphatic carbocycles. The Bertz CT molecular complexity index is 1350. The fraction of sp³-hybridized carbons (Fsp3) is 0.214. The number of phenolic OH excluding ortho intramolecular Hbond substituents is 2. The second kappa shape index (κ2) is 11.6. The highest BCUT2D eigenvalue weighted by Crippen LogP contribution is 2.25. The summed E-state index contributed by atoms with van der Waals surface area (Å²) in [5.74, 6) is -3.48. The molecule has 1 saturated heterocycles. The van der Waals surface area contributed by atoms with Crippen LogP contribution in [0.25, 0.3) is 0 Å². The number of nitrogens with one attached hydrogen (secondary N) is 2. The average molecular weight is 519 g/mol. The van der Waals surface area contributed by atoms with Crippen LogP contribution in [0.4, 0.5) is 0 Å². The van der Waals surface area contributed by atoms with Crippen LogP contribution in [0.15, 0.2) is 66.7 Å². The number of carbonyl (C=O) groups excluding carboxylic acids is 3. The predicted molar refractivity (Wildman–Crippen MR) is 136 cm³/mol. The minimum Gasteiger partial charge on any atom is -0.508 e. The van der Waals surface area contributed by atoms with Crippen LogP contribution in [0.1, 0.15) is 59.8 Å². The number of aromatic hydroxyl groups is 2. The Hall–Kier alpha value is -4.70. The fourth-order valence-corrected chi connectivity index (χ4v) is 4.23. The summed E-state index contributed by atoms with van der Waals surface area (Å²) in [6, 6.07) is 14.6. The Morgan fingerprint density at radius 3 is 2.21 bits per heavy atom. The van der Waals surface area contributed by atoms with Gasteiger partial charge in [-0.3, -0.25) is 9.59 Å². The molecule has 0 unspecified atom stereocenters. The van der Waals surface area contributed by atoms with Crippen molar-refractivity contribution in [2.45, 2.75) is 25.0 Å². The summed E-state index contributed by atoms with van der Waals surface area (Å²) in [5.41, 5.74) is -0.0661. The summed E-state index contributed by atoms with van der Waals surface area (Å²) in [6.07, 6.45) is 0.629. The maximum Gasteiger partial charge on any atom is 0.338 e. The SMILES string of the molecule is O=C(N[C@@H]1CNCCC[C@H]1OC(=O)c1ccc(C(=O)c2c(O)cccc2C(=O)O)cc1)c1ccc(O)cc1. The summed E-state index contributed by atoms with van der Waals surface area (Å²) in [5, 5.41) is 35.0. The first kappa shape index (κ1) is 26.4. The van der Waals surface area contributed by atoms with Gasteiger partial charge in [0.2, 0.25) is 0 Å². The van der Waals surface area contributed by atoms with Gasteiger partial charge in [0, 0.05) is 17.7 Å². The highest BCUT2D eigenvalue weighted by atomic mass is 16.5. The number of ether oxygens (including phenoxy) is 1. The third-order valence-electron chi connectivity index (χ3n) is 6.24. The van der Waals surface area contributed by atoms with E-state index in [4.69, 9.17) is 4.74 Å². The zero-order valence-corrected chi connectivity index (χ0v) is 20.2. The largest absolute Gasteiger partial charge is 0.508 e. The molecular weight excluding hydrogens is 492 g/mol. The van der Waals surface area contributed by atoms with E-state index >= 15 is 0 Å². The molecule has 0 bridgehead atoms. The summed E-state index contributed by atoms with van der Waals surface area (Å²) < 4.78 is 5.74. The quantitative estimate of drug-likeness (QED) is 0.234. The summed E-state index contributed by atoms with van der Waals surface area (Å²) in [7, 11) is 0. The van der Waals surface area contributed by atoms with Gasteiger partial charge in [0.05, 0.1) is 22.7 Å². The molecule has 10 nitrogen and oxygen atoms in total. The lowest BCUT2D eigenvalue weighted by atomic mass is 9.96.